The summed E-state index contributed by atoms with van der Waals surface area (Å²) in [5, 5.41) is 0. The second-order valence-electron chi connectivity index (χ2n) is 4.71. The Kier molecular flexibility index (Phi) is 3.20. The Morgan fingerprint density at radius 3 is 2.36 bits per heavy atom. The van der Waals surface area contributed by atoms with Gasteiger partial charge in [0.25, 0.3) is 5.91 Å². The minimum Gasteiger partial charge on any atom is -0.369 e. The van der Waals surface area contributed by atoms with Gasteiger partial charge >= 0.3 is 0 Å². The lowest BCUT2D eigenvalue weighted by Gasteiger charge is -2.32. The number of hydrogen-bond acceptors (Lipinski definition) is 2. The number of rotatable bonds is 4. The molecule has 0 aliphatic heterocycles. The molecular formula is C11H21NO2. The van der Waals surface area contributed by atoms with Gasteiger partial charge in [-0.3, -0.25) is 4.79 Å². The zero-order chi connectivity index (χ0) is 10.9. The van der Waals surface area contributed by atoms with E-state index in [1.54, 1.807) is 7.11 Å². The van der Waals surface area contributed by atoms with Gasteiger partial charge in [-0.15, -0.1) is 0 Å². The van der Waals surface area contributed by atoms with Gasteiger partial charge in [-0.05, 0) is 39.5 Å². The van der Waals surface area contributed by atoms with E-state index < -0.39 is 5.60 Å². The van der Waals surface area contributed by atoms with E-state index in [1.165, 1.54) is 12.8 Å². The van der Waals surface area contributed by atoms with E-state index in [1.807, 2.05) is 25.8 Å². The number of nitrogens with zero attached hydrogens (tertiary/aromatic N) is 1. The van der Waals surface area contributed by atoms with Gasteiger partial charge in [0.15, 0.2) is 0 Å². The van der Waals surface area contributed by atoms with Crippen LogP contribution in [0, 0.1) is 5.92 Å². The highest BCUT2D eigenvalue weighted by molar-refractivity contribution is 5.84. The Balaban J connectivity index is 2.58. The maximum atomic E-state index is 12.0. The second kappa shape index (κ2) is 3.89. The first-order valence-electron chi connectivity index (χ1n) is 5.22. The molecular weight excluding hydrogens is 178 g/mol. The van der Waals surface area contributed by atoms with Crippen molar-refractivity contribution in [3.05, 3.63) is 0 Å². The maximum Gasteiger partial charge on any atom is 0.254 e. The van der Waals surface area contributed by atoms with E-state index in [-0.39, 0.29) is 5.91 Å². The van der Waals surface area contributed by atoms with Crippen LogP contribution in [0.15, 0.2) is 0 Å². The van der Waals surface area contributed by atoms with E-state index >= 15 is 0 Å². The Morgan fingerprint density at radius 1 is 1.50 bits per heavy atom. The minimum atomic E-state index is -0.697. The SMILES string of the molecule is COC(C)(C)C(=O)N(C)C(C)C1CC1. The van der Waals surface area contributed by atoms with Crippen LogP contribution in [0.2, 0.25) is 0 Å². The van der Waals surface area contributed by atoms with Crippen molar-refractivity contribution < 1.29 is 9.53 Å². The van der Waals surface area contributed by atoms with Crippen molar-refractivity contribution in [3.63, 3.8) is 0 Å². The summed E-state index contributed by atoms with van der Waals surface area (Å²) >= 11 is 0. The Morgan fingerprint density at radius 2 is 2.00 bits per heavy atom. The molecule has 0 bridgehead atoms. The summed E-state index contributed by atoms with van der Waals surface area (Å²) in [6.07, 6.45) is 2.51. The third kappa shape index (κ3) is 2.27. The molecule has 82 valence electrons. The summed E-state index contributed by atoms with van der Waals surface area (Å²) in [4.78, 5) is 13.8. The van der Waals surface area contributed by atoms with Gasteiger partial charge in [0, 0.05) is 20.2 Å². The number of amides is 1. The van der Waals surface area contributed by atoms with Gasteiger partial charge in [-0.25, -0.2) is 0 Å². The molecule has 0 heterocycles. The van der Waals surface area contributed by atoms with Crippen molar-refractivity contribution >= 4 is 5.91 Å². The molecule has 0 spiro atoms. The van der Waals surface area contributed by atoms with Gasteiger partial charge in [0.2, 0.25) is 0 Å². The van der Waals surface area contributed by atoms with Crippen molar-refractivity contribution in [2.75, 3.05) is 14.2 Å². The highest BCUT2D eigenvalue weighted by atomic mass is 16.5. The van der Waals surface area contributed by atoms with Crippen molar-refractivity contribution in [2.24, 2.45) is 5.92 Å². The maximum absolute atomic E-state index is 12.0. The number of likely N-dealkylation sites (N-methyl/N-ethyl adjacent to an activating group) is 1. The molecule has 1 rings (SSSR count). The number of hydrogen-bond donors (Lipinski definition) is 0. The van der Waals surface area contributed by atoms with Gasteiger partial charge in [-0.1, -0.05) is 0 Å². The fraction of sp³-hybridized carbons (Fsp3) is 0.909. The van der Waals surface area contributed by atoms with Gasteiger partial charge in [0.1, 0.15) is 5.60 Å². The molecule has 0 aromatic rings. The number of carbonyl (C=O) groups excluding carboxylic acids is 1. The van der Waals surface area contributed by atoms with Crippen molar-refractivity contribution in [1.82, 2.24) is 4.90 Å². The Bertz CT molecular complexity index is 221. The lowest BCUT2D eigenvalue weighted by Crippen LogP contribution is -2.48. The van der Waals surface area contributed by atoms with Gasteiger partial charge < -0.3 is 9.64 Å². The average Bonchev–Trinajstić information content (AvgIpc) is 2.97. The van der Waals surface area contributed by atoms with E-state index in [9.17, 15) is 4.79 Å². The summed E-state index contributed by atoms with van der Waals surface area (Å²) in [6.45, 7) is 5.73. The van der Waals surface area contributed by atoms with Crippen LogP contribution in [0.4, 0.5) is 0 Å². The van der Waals surface area contributed by atoms with Crippen LogP contribution >= 0.6 is 0 Å². The largest absolute Gasteiger partial charge is 0.369 e. The van der Waals surface area contributed by atoms with E-state index in [0.29, 0.717) is 12.0 Å². The average molecular weight is 199 g/mol. The summed E-state index contributed by atoms with van der Waals surface area (Å²) in [6, 6.07) is 0.344. The number of ether oxygens (including phenoxy) is 1. The summed E-state index contributed by atoms with van der Waals surface area (Å²) in [5.41, 5.74) is -0.697. The van der Waals surface area contributed by atoms with E-state index in [4.69, 9.17) is 4.74 Å². The first kappa shape index (κ1) is 11.5. The lowest BCUT2D eigenvalue weighted by molar-refractivity contribution is -0.151. The quantitative estimate of drug-likeness (QED) is 0.689. The zero-order valence-electron chi connectivity index (χ0n) is 9.83. The summed E-state index contributed by atoms with van der Waals surface area (Å²) in [7, 11) is 3.44. The Labute approximate surface area is 86.4 Å². The predicted molar refractivity (Wildman–Crippen MR) is 56.0 cm³/mol. The molecule has 0 N–H and O–H groups in total. The molecule has 0 aromatic carbocycles. The Hall–Kier alpha value is -0.570. The highest BCUT2D eigenvalue weighted by Crippen LogP contribution is 2.35. The molecule has 1 unspecified atom stereocenters. The van der Waals surface area contributed by atoms with Crippen LogP contribution in [0.3, 0.4) is 0 Å². The predicted octanol–water partition coefficient (Wildman–Crippen LogP) is 1.67. The third-order valence-electron chi connectivity index (χ3n) is 3.26. The van der Waals surface area contributed by atoms with E-state index in [2.05, 4.69) is 6.92 Å². The zero-order valence-corrected chi connectivity index (χ0v) is 9.83. The normalized spacial score (nSPS) is 19.2. The van der Waals surface area contributed by atoms with Gasteiger partial charge in [0.05, 0.1) is 0 Å². The molecule has 1 aliphatic rings. The van der Waals surface area contributed by atoms with Crippen LogP contribution < -0.4 is 0 Å². The molecule has 0 radical (unpaired) electrons. The fourth-order valence-electron chi connectivity index (χ4n) is 1.59. The molecule has 3 heteroatoms. The summed E-state index contributed by atoms with van der Waals surface area (Å²) in [5.74, 6) is 0.774. The standard InChI is InChI=1S/C11H21NO2/c1-8(9-6-7-9)12(4)10(13)11(2,3)14-5/h8-9H,6-7H2,1-5H3. The smallest absolute Gasteiger partial charge is 0.254 e. The van der Waals surface area contributed by atoms with Crippen molar-refractivity contribution in [2.45, 2.75) is 45.3 Å². The minimum absolute atomic E-state index is 0.0689. The number of methoxy groups -OCH3 is 1. The molecule has 1 aliphatic carbocycles. The molecule has 0 saturated heterocycles. The molecule has 1 amide bonds. The fourth-order valence-corrected chi connectivity index (χ4v) is 1.59. The summed E-state index contributed by atoms with van der Waals surface area (Å²) < 4.78 is 5.18. The first-order valence-corrected chi connectivity index (χ1v) is 5.22. The molecule has 14 heavy (non-hydrogen) atoms. The van der Waals surface area contributed by atoms with Crippen molar-refractivity contribution in [1.29, 1.82) is 0 Å². The monoisotopic (exact) mass is 199 g/mol. The lowest BCUT2D eigenvalue weighted by atomic mass is 10.1. The van der Waals surface area contributed by atoms with Crippen LogP contribution in [-0.4, -0.2) is 36.6 Å². The first-order chi connectivity index (χ1) is 6.40. The number of carbonyl (C=O) groups is 1. The van der Waals surface area contributed by atoms with Crippen LogP contribution in [0.5, 0.6) is 0 Å². The van der Waals surface area contributed by atoms with Crippen molar-refractivity contribution in [3.8, 4) is 0 Å². The van der Waals surface area contributed by atoms with Crippen LogP contribution in [0.25, 0.3) is 0 Å². The van der Waals surface area contributed by atoms with Crippen LogP contribution in [0.1, 0.15) is 33.6 Å². The molecule has 0 aromatic heterocycles. The second-order valence-corrected chi connectivity index (χ2v) is 4.71. The highest BCUT2D eigenvalue weighted by Gasteiger charge is 2.37. The third-order valence-corrected chi connectivity index (χ3v) is 3.26. The topological polar surface area (TPSA) is 29.5 Å². The van der Waals surface area contributed by atoms with Crippen LogP contribution in [-0.2, 0) is 9.53 Å². The molecule has 1 atom stereocenters. The molecule has 1 fully saturated rings. The molecule has 1 saturated carbocycles. The molecule has 3 nitrogen and oxygen atoms in total. The van der Waals surface area contributed by atoms with Gasteiger partial charge in [-0.2, -0.15) is 0 Å². The van der Waals surface area contributed by atoms with E-state index in [0.717, 1.165) is 0 Å².